The van der Waals surface area contributed by atoms with Crippen LogP contribution >= 0.6 is 0 Å². The van der Waals surface area contributed by atoms with Crippen LogP contribution in [-0.2, 0) is 0 Å². The fraction of sp³-hybridized carbons (Fsp3) is 0.500. The molecule has 0 fully saturated rings. The second-order valence-electron chi connectivity index (χ2n) is 0.615. The first-order chi connectivity index (χ1) is 2.00. The van der Waals surface area contributed by atoms with E-state index >= 15 is 0 Å². The first-order valence-electron chi connectivity index (χ1n) is 0.921. The van der Waals surface area contributed by atoms with Crippen LogP contribution in [0.5, 0.6) is 0 Å². The van der Waals surface area contributed by atoms with Gasteiger partial charge in [0.2, 0.25) is 0 Å². The minimum absolute atomic E-state index is 0. The Morgan fingerprint density at radius 3 is 1.17 bits per heavy atom. The second kappa shape index (κ2) is 3.10. The monoisotopic (exact) mass is 125 g/mol. The molecule has 6 heavy (non-hydrogen) atoms. The van der Waals surface area contributed by atoms with Gasteiger partial charge in [-0.1, -0.05) is 0 Å². The third-order valence-electron chi connectivity index (χ3n) is 0. The van der Waals surface area contributed by atoms with E-state index in [4.69, 9.17) is 0 Å². The van der Waals surface area contributed by atoms with E-state index in [0.29, 0.717) is 0 Å². The van der Waals surface area contributed by atoms with Crippen molar-refractivity contribution in [2.24, 2.45) is 0 Å². The van der Waals surface area contributed by atoms with E-state index in [-0.39, 0.29) is 37.7 Å². The van der Waals surface area contributed by atoms with Gasteiger partial charge < -0.3 is 0 Å². The zero-order valence-corrected chi connectivity index (χ0v) is 2.34. The number of hydrogen-bond donors (Lipinski definition) is 0. The Hall–Kier alpha value is 1.05. The molecule has 35 valence electrons. The summed E-state index contributed by atoms with van der Waals surface area (Å²) in [6.07, 6.45) is -4.25. The predicted molar refractivity (Wildman–Crippen MR) is 20.0 cm³/mol. The number of hydrogen-bond acceptors (Lipinski definition) is 0. The molecular formula is C2H4CaF3. The van der Waals surface area contributed by atoms with Gasteiger partial charge in [0.1, 0.15) is 0 Å². The van der Waals surface area contributed by atoms with Gasteiger partial charge in [0.15, 0.2) is 0 Å². The van der Waals surface area contributed by atoms with Crippen LogP contribution in [0.25, 0.3) is 0 Å². The van der Waals surface area contributed by atoms with Crippen LogP contribution in [0.15, 0.2) is 0 Å². The molecule has 0 saturated heterocycles. The summed E-state index contributed by atoms with van der Waals surface area (Å²) in [6, 6.07) is 0. The van der Waals surface area contributed by atoms with Gasteiger partial charge in [-0.3, -0.25) is 0 Å². The molecule has 1 radical (unpaired) electrons. The van der Waals surface area contributed by atoms with Crippen LogP contribution in [0, 0.1) is 6.92 Å². The molecule has 4 heteroatoms. The molecule has 0 spiro atoms. The van der Waals surface area contributed by atoms with E-state index in [0.717, 1.165) is 0 Å². The van der Waals surface area contributed by atoms with E-state index in [9.17, 15) is 13.2 Å². The van der Waals surface area contributed by atoms with Crippen molar-refractivity contribution in [2.75, 3.05) is 0 Å². The van der Waals surface area contributed by atoms with Crippen LogP contribution < -0.4 is 0 Å². The predicted octanol–water partition coefficient (Wildman–Crippen LogP) is 0.467. The SMILES string of the molecule is [CH2]C(F)(F)F.[CaH2]. The maximum atomic E-state index is 10.2. The van der Waals surface area contributed by atoms with Crippen LogP contribution in [0.3, 0.4) is 0 Å². The second-order valence-corrected chi connectivity index (χ2v) is 0.615. The Morgan fingerprint density at radius 1 is 1.17 bits per heavy atom. The third-order valence-corrected chi connectivity index (χ3v) is 0. The summed E-state index contributed by atoms with van der Waals surface area (Å²) in [5, 5.41) is 0. The zero-order valence-electron chi connectivity index (χ0n) is 2.34. The Bertz CT molecular complexity index is 24.3. The summed E-state index contributed by atoms with van der Waals surface area (Å²) in [6.45, 7) is 1.77. The van der Waals surface area contributed by atoms with Gasteiger partial charge in [-0.25, -0.2) is 0 Å². The van der Waals surface area contributed by atoms with Crippen LogP contribution in [0.2, 0.25) is 0 Å². The average Bonchev–Trinajstić information content (AvgIpc) is 0.722. The van der Waals surface area contributed by atoms with Gasteiger partial charge in [-0.05, 0) is 0 Å². The Morgan fingerprint density at radius 2 is 1.17 bits per heavy atom. The van der Waals surface area contributed by atoms with Crippen LogP contribution in [-0.4, -0.2) is 43.9 Å². The van der Waals surface area contributed by atoms with Crippen molar-refractivity contribution in [1.29, 1.82) is 0 Å². The fourth-order valence-electron chi connectivity index (χ4n) is 0. The Labute approximate surface area is 63.7 Å². The quantitative estimate of drug-likeness (QED) is 0.413. The van der Waals surface area contributed by atoms with Crippen molar-refractivity contribution >= 4 is 37.7 Å². The molecule has 0 N–H and O–H groups in total. The number of alkyl halides is 3. The van der Waals surface area contributed by atoms with Crippen molar-refractivity contribution < 1.29 is 13.2 Å². The molecule has 0 atom stereocenters. The summed E-state index contributed by atoms with van der Waals surface area (Å²) < 4.78 is 30.7. The molecule has 0 amide bonds. The fourth-order valence-corrected chi connectivity index (χ4v) is 0. The van der Waals surface area contributed by atoms with Crippen LogP contribution in [0.1, 0.15) is 0 Å². The van der Waals surface area contributed by atoms with Gasteiger partial charge in [0.05, 0.1) is 6.92 Å². The topological polar surface area (TPSA) is 0 Å². The van der Waals surface area contributed by atoms with Crippen molar-refractivity contribution in [2.45, 2.75) is 6.18 Å². The summed E-state index contributed by atoms with van der Waals surface area (Å²) in [7, 11) is 0. The molecule has 0 aromatic carbocycles. The van der Waals surface area contributed by atoms with Crippen LogP contribution in [0.4, 0.5) is 13.2 Å². The van der Waals surface area contributed by atoms with Crippen molar-refractivity contribution in [3.63, 3.8) is 0 Å². The average molecular weight is 125 g/mol. The van der Waals surface area contributed by atoms with Gasteiger partial charge >= 0.3 is 43.9 Å². The summed E-state index contributed by atoms with van der Waals surface area (Å²) in [4.78, 5) is 0. The van der Waals surface area contributed by atoms with E-state index in [1.165, 1.54) is 0 Å². The molecule has 0 aromatic rings. The molecule has 0 saturated carbocycles. The van der Waals surface area contributed by atoms with E-state index in [2.05, 4.69) is 0 Å². The normalized spacial score (nSPS) is 10.0. The molecule has 0 rings (SSSR count). The maximum absolute atomic E-state index is 10.2. The molecule has 0 heterocycles. The van der Waals surface area contributed by atoms with Gasteiger partial charge in [0.25, 0.3) is 0 Å². The zero-order chi connectivity index (χ0) is 4.50. The van der Waals surface area contributed by atoms with E-state index in [1.807, 2.05) is 0 Å². The summed E-state index contributed by atoms with van der Waals surface area (Å²) in [5.41, 5.74) is 0. The van der Waals surface area contributed by atoms with E-state index in [1.54, 1.807) is 6.92 Å². The third kappa shape index (κ3) is 75.2. The molecule has 0 aliphatic heterocycles. The standard InChI is InChI=1S/C2H2F3.Ca.2H/c1-2(3,4)5;;;/h1H2;;;. The van der Waals surface area contributed by atoms with E-state index < -0.39 is 6.18 Å². The summed E-state index contributed by atoms with van der Waals surface area (Å²) >= 11 is 0. The molecule has 0 nitrogen and oxygen atoms in total. The van der Waals surface area contributed by atoms with Crippen molar-refractivity contribution in [3.05, 3.63) is 6.92 Å². The Balaban J connectivity index is 0. The van der Waals surface area contributed by atoms with Crippen molar-refractivity contribution in [1.82, 2.24) is 0 Å². The first-order valence-corrected chi connectivity index (χ1v) is 0.921. The molecule has 0 aliphatic carbocycles. The number of halogens is 3. The molecule has 0 aliphatic rings. The van der Waals surface area contributed by atoms with Gasteiger partial charge in [-0.15, -0.1) is 0 Å². The molecular weight excluding hydrogens is 121 g/mol. The Kier molecular flexibility index (Phi) is 5.23. The molecule has 0 unspecified atom stereocenters. The first kappa shape index (κ1) is 10.1. The molecule has 0 aromatic heterocycles. The van der Waals surface area contributed by atoms with Gasteiger partial charge in [0, 0.05) is 0 Å². The van der Waals surface area contributed by atoms with Gasteiger partial charge in [-0.2, -0.15) is 13.2 Å². The summed E-state index contributed by atoms with van der Waals surface area (Å²) in [5.74, 6) is 0. The molecule has 0 bridgehead atoms. The number of rotatable bonds is 0. The minimum atomic E-state index is -4.25. The van der Waals surface area contributed by atoms with Crippen molar-refractivity contribution in [3.8, 4) is 0 Å².